The molecule has 0 radical (unpaired) electrons. The number of amides is 7. The normalized spacial score (nSPS) is 19.4. The van der Waals surface area contributed by atoms with Gasteiger partial charge in [0.1, 0.15) is 29.9 Å². The highest BCUT2D eigenvalue weighted by Crippen LogP contribution is 2.18. The molecule has 4 atom stereocenters. The maximum Gasteiger partial charge on any atom is 0.317 e. The predicted molar refractivity (Wildman–Crippen MR) is 319 cm³/mol. The Morgan fingerprint density at radius 1 is 0.529 bits per heavy atom. The average Bonchev–Trinajstić information content (AvgIpc) is 3.02. The third-order valence-electron chi connectivity index (χ3n) is 14.6. The number of aromatic hydroxyl groups is 1. The van der Waals surface area contributed by atoms with Crippen molar-refractivity contribution in [2.75, 3.05) is 98.2 Å². The van der Waals surface area contributed by atoms with E-state index in [1.54, 1.807) is 56.0 Å². The molecular weight excluding hydrogens is 1130 g/mol. The maximum atomic E-state index is 14.5. The molecule has 0 aromatic heterocycles. The monoisotopic (exact) mass is 1210 g/mol. The van der Waals surface area contributed by atoms with Crippen molar-refractivity contribution in [2.24, 2.45) is 16.5 Å². The molecule has 4 aromatic rings. The van der Waals surface area contributed by atoms with Crippen LogP contribution in [-0.4, -0.2) is 228 Å². The standard InChI is InChI=1S/C59H78N14O14/c60-59(61)63-20-4-8-46-57(86)69-47(31-40-11-14-41-5-1-2-6-43(41)29-40)55(84)65-33-49(75)66-48(30-38-12-17-44(74)18-13-38)58(87)68-45(56(85)67-46)7-3-19-62-54(83)42-15-9-39(10-16-42)32-64-50(76)34-70-21-23-71(35-51(77)78)25-27-73(37-53(81)82)28-26-72(24-22-70)36-52(79)80/h1-2,5-6,9-18,29,45-48,74H,3-4,7-8,19-28,30-37H2,(H,62,83)(H,64,76)(H,65,84)(H,66,75)(H,67,85)(H,68,87)(H,69,86)(H,77,78)(H,79,80)(H,81,82)(H4,60,61,63)/t45-,46+,47+,48-/m1/s1. The Hall–Kier alpha value is -9.25. The van der Waals surface area contributed by atoms with Crippen LogP contribution in [0.25, 0.3) is 10.8 Å². The number of benzene rings is 4. The molecule has 0 bridgehead atoms. The molecule has 0 unspecified atom stereocenters. The molecule has 0 saturated carbocycles. The number of hydrogen-bond donors (Lipinski definition) is 13. The minimum absolute atomic E-state index is 0.000764. The lowest BCUT2D eigenvalue weighted by Crippen LogP contribution is -2.58. The number of carboxylic acid groups (broad SMARTS) is 3. The number of guanidine groups is 1. The van der Waals surface area contributed by atoms with Gasteiger partial charge in [-0.05, 0) is 77.4 Å². The van der Waals surface area contributed by atoms with E-state index < -0.39 is 84.1 Å². The maximum absolute atomic E-state index is 14.5. The van der Waals surface area contributed by atoms with Gasteiger partial charge in [-0.1, -0.05) is 66.7 Å². The van der Waals surface area contributed by atoms with Crippen LogP contribution < -0.4 is 48.7 Å². The van der Waals surface area contributed by atoms with Gasteiger partial charge in [-0.15, -0.1) is 0 Å². The Balaban J connectivity index is 1.11. The lowest BCUT2D eigenvalue weighted by molar-refractivity contribution is -0.140. The van der Waals surface area contributed by atoms with Crippen molar-refractivity contribution in [3.8, 4) is 5.75 Å². The van der Waals surface area contributed by atoms with Gasteiger partial charge in [-0.25, -0.2) is 0 Å². The van der Waals surface area contributed by atoms with Crippen molar-refractivity contribution in [1.29, 1.82) is 0 Å². The number of nitrogens with one attached hydrogen (secondary N) is 7. The van der Waals surface area contributed by atoms with E-state index in [-0.39, 0.29) is 160 Å². The lowest BCUT2D eigenvalue weighted by atomic mass is 10.0. The minimum Gasteiger partial charge on any atom is -0.508 e. The molecule has 2 aliphatic heterocycles. The molecule has 468 valence electrons. The molecule has 87 heavy (non-hydrogen) atoms. The number of phenolic OH excluding ortho intramolecular Hbond substituents is 1. The van der Waals surface area contributed by atoms with Gasteiger partial charge in [0, 0.05) is 90.4 Å². The number of rotatable bonds is 23. The summed E-state index contributed by atoms with van der Waals surface area (Å²) in [6.07, 6.45) is 0.157. The number of hydrogen-bond acceptors (Lipinski definition) is 16. The lowest BCUT2D eigenvalue weighted by Gasteiger charge is -2.32. The highest BCUT2D eigenvalue weighted by atomic mass is 16.4. The van der Waals surface area contributed by atoms with Crippen molar-refractivity contribution in [2.45, 2.75) is 69.2 Å². The SMILES string of the molecule is NC(N)=NCCC[C@@H]1NC(=O)[C@@H](CCCNC(=O)c2ccc(CNC(=O)CN3CCN(CC(=O)O)CCN(CC(=O)O)CCN(CC(=O)O)CC3)cc2)NC(=O)[C@@H](Cc2ccc(O)cc2)NC(=O)CNC(=O)[C@H](Cc2ccc3ccccc3c2)NC1=O. The van der Waals surface area contributed by atoms with E-state index >= 15 is 0 Å². The molecular formula is C59H78N14O14. The van der Waals surface area contributed by atoms with Gasteiger partial charge in [-0.2, -0.15) is 0 Å². The summed E-state index contributed by atoms with van der Waals surface area (Å²) in [7, 11) is 0. The molecule has 7 amide bonds. The first kappa shape index (κ1) is 66.9. The van der Waals surface area contributed by atoms with E-state index in [4.69, 9.17) is 11.5 Å². The van der Waals surface area contributed by atoms with Crippen LogP contribution in [0.15, 0.2) is 96.0 Å². The molecule has 28 heteroatoms. The van der Waals surface area contributed by atoms with Gasteiger partial charge in [-0.3, -0.25) is 72.5 Å². The zero-order valence-corrected chi connectivity index (χ0v) is 48.3. The summed E-state index contributed by atoms with van der Waals surface area (Å²) in [6, 6.07) is 20.4. The van der Waals surface area contributed by atoms with E-state index in [9.17, 15) is 68.4 Å². The van der Waals surface area contributed by atoms with Gasteiger partial charge >= 0.3 is 17.9 Å². The number of phenols is 1. The van der Waals surface area contributed by atoms with Gasteiger partial charge in [0.2, 0.25) is 35.4 Å². The molecule has 15 N–H and O–H groups in total. The minimum atomic E-state index is -1.34. The highest BCUT2D eigenvalue weighted by molar-refractivity contribution is 5.98. The first-order valence-electron chi connectivity index (χ1n) is 28.6. The number of carbonyl (C=O) groups is 10. The van der Waals surface area contributed by atoms with Crippen LogP contribution in [0.4, 0.5) is 0 Å². The number of aliphatic imine (C=N–C) groups is 1. The van der Waals surface area contributed by atoms with E-state index in [0.29, 0.717) is 16.7 Å². The van der Waals surface area contributed by atoms with Crippen molar-refractivity contribution >= 4 is 76.0 Å². The molecule has 0 spiro atoms. The Kier molecular flexibility index (Phi) is 26.2. The fourth-order valence-electron chi connectivity index (χ4n) is 9.91. The number of fused-ring (bicyclic) bond motifs is 1. The number of carbonyl (C=O) groups excluding carboxylic acids is 7. The fraction of sp³-hybridized carbons (Fsp3) is 0.441. The molecule has 2 heterocycles. The highest BCUT2D eigenvalue weighted by Gasteiger charge is 2.33. The van der Waals surface area contributed by atoms with Crippen LogP contribution in [-0.2, 0) is 62.5 Å². The number of nitrogens with two attached hydrogens (primary N) is 2. The van der Waals surface area contributed by atoms with Gasteiger partial charge in [0.25, 0.3) is 5.91 Å². The number of nitrogens with zero attached hydrogens (tertiary/aromatic N) is 5. The quantitative estimate of drug-likeness (QED) is 0.0212. The first-order chi connectivity index (χ1) is 41.7. The Morgan fingerprint density at radius 2 is 1.00 bits per heavy atom. The van der Waals surface area contributed by atoms with E-state index in [0.717, 1.165) is 10.8 Å². The number of carboxylic acids is 3. The van der Waals surface area contributed by atoms with Crippen molar-refractivity contribution in [3.05, 3.63) is 113 Å². The Bertz CT molecular complexity index is 3040. The zero-order chi connectivity index (χ0) is 62.8. The molecule has 6 rings (SSSR count). The van der Waals surface area contributed by atoms with Crippen LogP contribution in [0.2, 0.25) is 0 Å². The van der Waals surface area contributed by atoms with Gasteiger partial charge < -0.3 is 69.1 Å². The Labute approximate surface area is 502 Å². The summed E-state index contributed by atoms with van der Waals surface area (Å²) in [4.78, 5) is 143. The second kappa shape index (κ2) is 34.0. The summed E-state index contributed by atoms with van der Waals surface area (Å²) in [5.74, 6) is -8.03. The molecule has 4 aromatic carbocycles. The molecule has 28 nitrogen and oxygen atoms in total. The van der Waals surface area contributed by atoms with Crippen molar-refractivity contribution < 1.29 is 68.4 Å². The second-order valence-electron chi connectivity index (χ2n) is 21.4. The summed E-state index contributed by atoms with van der Waals surface area (Å²) >= 11 is 0. The van der Waals surface area contributed by atoms with Crippen molar-refractivity contribution in [3.63, 3.8) is 0 Å². The third kappa shape index (κ3) is 23.6. The number of aliphatic carboxylic acids is 3. The van der Waals surface area contributed by atoms with Crippen LogP contribution in [0.5, 0.6) is 5.75 Å². The average molecular weight is 1210 g/mol. The zero-order valence-electron chi connectivity index (χ0n) is 48.3. The smallest absolute Gasteiger partial charge is 0.317 e. The largest absolute Gasteiger partial charge is 0.508 e. The Morgan fingerprint density at radius 3 is 1.55 bits per heavy atom. The third-order valence-corrected chi connectivity index (χ3v) is 14.6. The van der Waals surface area contributed by atoms with E-state index in [1.165, 1.54) is 12.1 Å². The van der Waals surface area contributed by atoms with Crippen LogP contribution >= 0.6 is 0 Å². The van der Waals surface area contributed by atoms with Gasteiger partial charge in [0.15, 0.2) is 5.96 Å². The predicted octanol–water partition coefficient (Wildman–Crippen LogP) is -2.25. The topological polar surface area (TPSA) is 413 Å². The summed E-state index contributed by atoms with van der Waals surface area (Å²) in [5, 5.41) is 59.5. The van der Waals surface area contributed by atoms with Crippen LogP contribution in [0.3, 0.4) is 0 Å². The molecule has 0 aliphatic carbocycles. The first-order valence-corrected chi connectivity index (χ1v) is 28.6. The fourth-order valence-corrected chi connectivity index (χ4v) is 9.91. The van der Waals surface area contributed by atoms with Crippen molar-refractivity contribution in [1.82, 2.24) is 56.8 Å². The van der Waals surface area contributed by atoms with E-state index in [2.05, 4.69) is 42.2 Å². The molecule has 2 saturated heterocycles. The van der Waals surface area contributed by atoms with E-state index in [1.807, 2.05) is 42.5 Å². The van der Waals surface area contributed by atoms with Crippen LogP contribution in [0.1, 0.15) is 52.7 Å². The summed E-state index contributed by atoms with van der Waals surface area (Å²) in [5.41, 5.74) is 13.3. The van der Waals surface area contributed by atoms with Gasteiger partial charge in [0.05, 0.1) is 32.7 Å². The second-order valence-corrected chi connectivity index (χ2v) is 21.4. The summed E-state index contributed by atoms with van der Waals surface area (Å²) < 4.78 is 0. The summed E-state index contributed by atoms with van der Waals surface area (Å²) in [6.45, 7) is 0.514. The molecule has 2 fully saturated rings. The van der Waals surface area contributed by atoms with Crippen LogP contribution in [0, 0.1) is 0 Å². The molecule has 2 aliphatic rings.